The van der Waals surface area contributed by atoms with Gasteiger partial charge in [-0.2, -0.15) is 0 Å². The first kappa shape index (κ1) is 20.4. The van der Waals surface area contributed by atoms with Crippen LogP contribution >= 0.6 is 11.8 Å². The minimum Gasteiger partial charge on any atom is -0.481 e. The first-order valence-electron chi connectivity index (χ1n) is 9.29. The zero-order valence-electron chi connectivity index (χ0n) is 16.1. The number of para-hydroxylation sites is 1. The van der Waals surface area contributed by atoms with Crippen molar-refractivity contribution in [3.05, 3.63) is 70.8 Å². The van der Waals surface area contributed by atoms with Gasteiger partial charge in [0.05, 0.1) is 17.0 Å². The van der Waals surface area contributed by atoms with E-state index in [9.17, 15) is 14.4 Å². The van der Waals surface area contributed by atoms with Crippen molar-refractivity contribution < 1.29 is 24.6 Å². The average Bonchev–Trinajstić information content (AvgIpc) is 3.23. The summed E-state index contributed by atoms with van der Waals surface area (Å²) in [6.07, 6.45) is 3.37. The topological polar surface area (TPSA) is 121 Å². The second-order valence-corrected chi connectivity index (χ2v) is 7.87. The van der Waals surface area contributed by atoms with Gasteiger partial charge >= 0.3 is 11.9 Å². The molecule has 4 rings (SSSR count). The number of aliphatic imine (C=N–C) groups is 1. The number of amidine groups is 1. The molecule has 0 spiro atoms. The number of rotatable bonds is 6. The normalized spacial score (nSPS) is 16.2. The number of amides is 1. The van der Waals surface area contributed by atoms with E-state index in [1.54, 1.807) is 41.1 Å². The number of aliphatic carboxylic acids is 2. The van der Waals surface area contributed by atoms with Crippen LogP contribution in [0.1, 0.15) is 11.1 Å². The first-order valence-corrected chi connectivity index (χ1v) is 10.1. The highest BCUT2D eigenvalue weighted by atomic mass is 32.2. The second-order valence-electron chi connectivity index (χ2n) is 6.84. The second kappa shape index (κ2) is 8.49. The van der Waals surface area contributed by atoms with Gasteiger partial charge in [0.25, 0.3) is 5.91 Å². The molecule has 0 atom stereocenters. The van der Waals surface area contributed by atoms with Gasteiger partial charge in [0.2, 0.25) is 0 Å². The molecule has 2 aromatic carbocycles. The van der Waals surface area contributed by atoms with E-state index in [-0.39, 0.29) is 18.9 Å². The highest BCUT2D eigenvalue weighted by Gasteiger charge is 2.24. The molecule has 1 aliphatic heterocycles. The SMILES string of the molecule is O=C(O)Cc1ccc(N=C2NC(=O)/C(=C\c3cn(CC(=O)O)c4ccccc34)S2)cc1. The van der Waals surface area contributed by atoms with E-state index in [4.69, 9.17) is 10.2 Å². The molecular formula is C22H17N3O5S. The van der Waals surface area contributed by atoms with Gasteiger partial charge in [0.15, 0.2) is 5.17 Å². The number of fused-ring (bicyclic) bond motifs is 1. The highest BCUT2D eigenvalue weighted by molar-refractivity contribution is 8.18. The number of thioether (sulfide) groups is 1. The van der Waals surface area contributed by atoms with Crippen LogP contribution < -0.4 is 5.32 Å². The zero-order valence-corrected chi connectivity index (χ0v) is 16.9. The lowest BCUT2D eigenvalue weighted by Gasteiger charge is -1.99. The summed E-state index contributed by atoms with van der Waals surface area (Å²) in [5.74, 6) is -2.14. The largest absolute Gasteiger partial charge is 0.481 e. The Bertz CT molecular complexity index is 1260. The van der Waals surface area contributed by atoms with Crippen LogP contribution in [0.25, 0.3) is 17.0 Å². The molecule has 1 aromatic heterocycles. The van der Waals surface area contributed by atoms with Crippen LogP contribution in [0.15, 0.2) is 64.6 Å². The van der Waals surface area contributed by atoms with Crippen molar-refractivity contribution in [1.82, 2.24) is 9.88 Å². The van der Waals surface area contributed by atoms with E-state index in [1.807, 2.05) is 24.3 Å². The summed E-state index contributed by atoms with van der Waals surface area (Å²) in [7, 11) is 0. The Morgan fingerprint density at radius 1 is 1.06 bits per heavy atom. The van der Waals surface area contributed by atoms with E-state index in [0.717, 1.165) is 16.5 Å². The van der Waals surface area contributed by atoms with E-state index < -0.39 is 11.9 Å². The fraction of sp³-hybridized carbons (Fsp3) is 0.0909. The average molecular weight is 435 g/mol. The minimum absolute atomic E-state index is 0.0648. The van der Waals surface area contributed by atoms with Crippen molar-refractivity contribution in [2.24, 2.45) is 4.99 Å². The zero-order chi connectivity index (χ0) is 22.0. The number of nitrogens with zero attached hydrogens (tertiary/aromatic N) is 2. The Labute approximate surface area is 180 Å². The predicted octanol–water partition coefficient (Wildman–Crippen LogP) is 3.24. The maximum absolute atomic E-state index is 12.4. The molecule has 1 amide bonds. The quantitative estimate of drug-likeness (QED) is 0.511. The van der Waals surface area contributed by atoms with Crippen molar-refractivity contribution >= 4 is 57.4 Å². The van der Waals surface area contributed by atoms with Crippen LogP contribution in [-0.4, -0.2) is 37.8 Å². The number of carbonyl (C=O) groups excluding carboxylic acids is 1. The van der Waals surface area contributed by atoms with Gasteiger partial charge in [0.1, 0.15) is 6.54 Å². The Hall–Kier alpha value is -3.85. The molecule has 0 aliphatic carbocycles. The number of hydrogen-bond donors (Lipinski definition) is 3. The molecule has 3 N–H and O–H groups in total. The number of benzene rings is 2. The number of carboxylic acids is 2. The summed E-state index contributed by atoms with van der Waals surface area (Å²) in [5.41, 5.74) is 2.78. The molecule has 0 saturated carbocycles. The molecule has 1 saturated heterocycles. The molecule has 1 aliphatic rings. The van der Waals surface area contributed by atoms with Crippen molar-refractivity contribution in [1.29, 1.82) is 0 Å². The molecule has 156 valence electrons. The Morgan fingerprint density at radius 3 is 2.52 bits per heavy atom. The Balaban J connectivity index is 1.59. The van der Waals surface area contributed by atoms with Crippen LogP contribution in [0, 0.1) is 0 Å². The van der Waals surface area contributed by atoms with E-state index in [0.29, 0.717) is 21.3 Å². The third kappa shape index (κ3) is 4.67. The molecule has 0 unspecified atom stereocenters. The van der Waals surface area contributed by atoms with Crippen molar-refractivity contribution in [2.75, 3.05) is 0 Å². The van der Waals surface area contributed by atoms with Crippen LogP contribution in [0.4, 0.5) is 5.69 Å². The smallest absolute Gasteiger partial charge is 0.323 e. The highest BCUT2D eigenvalue weighted by Crippen LogP contribution is 2.31. The summed E-state index contributed by atoms with van der Waals surface area (Å²) in [4.78, 5) is 39.2. The molecule has 2 heterocycles. The third-order valence-corrected chi connectivity index (χ3v) is 5.49. The van der Waals surface area contributed by atoms with Gasteiger partial charge in [-0.15, -0.1) is 0 Å². The molecule has 0 radical (unpaired) electrons. The number of nitrogens with one attached hydrogen (secondary N) is 1. The van der Waals surface area contributed by atoms with Crippen LogP contribution in [0.3, 0.4) is 0 Å². The molecule has 31 heavy (non-hydrogen) atoms. The maximum atomic E-state index is 12.4. The van der Waals surface area contributed by atoms with Gasteiger partial charge in [-0.1, -0.05) is 30.3 Å². The molecule has 3 aromatic rings. The van der Waals surface area contributed by atoms with E-state index in [1.165, 1.54) is 11.8 Å². The van der Waals surface area contributed by atoms with Gasteiger partial charge in [-0.05, 0) is 41.6 Å². The van der Waals surface area contributed by atoms with Crippen LogP contribution in [0.5, 0.6) is 0 Å². The van der Waals surface area contributed by atoms with Gasteiger partial charge in [-0.25, -0.2) is 4.99 Å². The number of carbonyl (C=O) groups is 3. The van der Waals surface area contributed by atoms with Crippen molar-refractivity contribution in [3.8, 4) is 0 Å². The Morgan fingerprint density at radius 2 is 1.81 bits per heavy atom. The standard InChI is InChI=1S/C22H17N3O5S/c26-19(27)9-13-5-7-15(8-6-13)23-22-24-21(30)18(31-22)10-14-11-25(12-20(28)29)17-4-2-1-3-16(14)17/h1-8,10-11H,9,12H2,(H,26,27)(H,28,29)(H,23,24,30)/b18-10+. The summed E-state index contributed by atoms with van der Waals surface area (Å²) in [6, 6.07) is 14.2. The lowest BCUT2D eigenvalue weighted by molar-refractivity contribution is -0.138. The Kier molecular flexibility index (Phi) is 5.59. The molecule has 1 fully saturated rings. The van der Waals surface area contributed by atoms with Crippen molar-refractivity contribution in [2.45, 2.75) is 13.0 Å². The third-order valence-electron chi connectivity index (χ3n) is 4.58. The lowest BCUT2D eigenvalue weighted by Crippen LogP contribution is -2.19. The number of aromatic nitrogens is 1. The van der Waals surface area contributed by atoms with Gasteiger partial charge in [-0.3, -0.25) is 14.4 Å². The summed E-state index contributed by atoms with van der Waals surface area (Å²) in [6.45, 7) is -0.173. The molecular weight excluding hydrogens is 418 g/mol. The number of carboxylic acid groups (broad SMARTS) is 2. The maximum Gasteiger partial charge on any atom is 0.323 e. The fourth-order valence-electron chi connectivity index (χ4n) is 3.27. The predicted molar refractivity (Wildman–Crippen MR) is 118 cm³/mol. The number of hydrogen-bond acceptors (Lipinski definition) is 5. The molecule has 8 nitrogen and oxygen atoms in total. The van der Waals surface area contributed by atoms with E-state index in [2.05, 4.69) is 10.3 Å². The summed E-state index contributed by atoms with van der Waals surface area (Å²) < 4.78 is 1.63. The van der Waals surface area contributed by atoms with Crippen LogP contribution in [0.2, 0.25) is 0 Å². The monoisotopic (exact) mass is 435 g/mol. The van der Waals surface area contributed by atoms with Crippen LogP contribution in [-0.2, 0) is 27.3 Å². The first-order chi connectivity index (χ1) is 14.9. The minimum atomic E-state index is -0.947. The van der Waals surface area contributed by atoms with Gasteiger partial charge in [0, 0.05) is 22.7 Å². The molecule has 0 bridgehead atoms. The fourth-order valence-corrected chi connectivity index (χ4v) is 4.10. The summed E-state index contributed by atoms with van der Waals surface area (Å²) in [5, 5.41) is 22.0. The van der Waals surface area contributed by atoms with Gasteiger partial charge < -0.3 is 20.1 Å². The lowest BCUT2D eigenvalue weighted by atomic mass is 10.1. The summed E-state index contributed by atoms with van der Waals surface area (Å²) >= 11 is 1.19. The molecule has 9 heteroatoms. The van der Waals surface area contributed by atoms with Crippen molar-refractivity contribution in [3.63, 3.8) is 0 Å². The van der Waals surface area contributed by atoms with E-state index >= 15 is 0 Å².